The zero-order valence-electron chi connectivity index (χ0n) is 8.88. The lowest BCUT2D eigenvalue weighted by Gasteiger charge is -2.27. The number of hydrogen-bond acceptors (Lipinski definition) is 0. The van der Waals surface area contributed by atoms with Crippen molar-refractivity contribution in [1.82, 2.24) is 0 Å². The van der Waals surface area contributed by atoms with Crippen molar-refractivity contribution in [3.63, 3.8) is 0 Å². The highest BCUT2D eigenvalue weighted by Gasteiger charge is 2.20. The fraction of sp³-hybridized carbons (Fsp3) is 1.00. The topological polar surface area (TPSA) is 0 Å². The van der Waals surface area contributed by atoms with Crippen molar-refractivity contribution in [3.05, 3.63) is 0 Å². The molecule has 0 radical (unpaired) electrons. The Hall–Kier alpha value is 0.860. The zero-order valence-corrected chi connectivity index (χ0v) is 11.2. The first kappa shape index (κ1) is 12.9. The molecule has 0 aromatic heterocycles. The fourth-order valence-electron chi connectivity index (χ4n) is 1.62. The van der Waals surface area contributed by atoms with E-state index in [1.54, 1.807) is 0 Å². The van der Waals surface area contributed by atoms with Gasteiger partial charge in [0.1, 0.15) is 0 Å². The highest BCUT2D eigenvalue weighted by molar-refractivity contribution is 7.37. The molecule has 0 aliphatic heterocycles. The quantitative estimate of drug-likeness (QED) is 0.601. The van der Waals surface area contributed by atoms with Gasteiger partial charge in [-0.25, -0.2) is 0 Å². The van der Waals surface area contributed by atoms with Crippen LogP contribution in [-0.4, -0.2) is 5.40 Å². The smallest absolute Gasteiger partial charge is 0.00872 e. The van der Waals surface area contributed by atoms with Crippen LogP contribution in [0.5, 0.6) is 0 Å². The van der Waals surface area contributed by atoms with Crippen molar-refractivity contribution in [2.24, 2.45) is 17.8 Å². The van der Waals surface area contributed by atoms with E-state index >= 15 is 0 Å². The Labute approximate surface area is 82.7 Å². The van der Waals surface area contributed by atoms with E-state index in [0.29, 0.717) is 5.40 Å². The Balaban J connectivity index is 4.03. The first-order chi connectivity index (χ1) is 5.49. The van der Waals surface area contributed by atoms with Crippen molar-refractivity contribution in [2.75, 3.05) is 0 Å². The summed E-state index contributed by atoms with van der Waals surface area (Å²) in [7, 11) is 5.85. The SMILES string of the molecule is CCC(C)C(CC(C)C)C(P)P. The van der Waals surface area contributed by atoms with Gasteiger partial charge in [-0.15, -0.1) is 18.5 Å². The molecule has 0 fully saturated rings. The third kappa shape index (κ3) is 4.78. The minimum absolute atomic E-state index is 0.683. The van der Waals surface area contributed by atoms with Crippen molar-refractivity contribution >= 4 is 18.5 Å². The maximum absolute atomic E-state index is 2.92. The molecule has 0 saturated heterocycles. The molecule has 2 heteroatoms. The standard InChI is InChI=1S/C10H24P2/c1-5-8(4)9(10(11)12)6-7(2)3/h7-10H,5-6,11-12H2,1-4H3. The van der Waals surface area contributed by atoms with E-state index in [1.807, 2.05) is 0 Å². The molecule has 0 N–H and O–H groups in total. The van der Waals surface area contributed by atoms with E-state index in [4.69, 9.17) is 0 Å². The Morgan fingerprint density at radius 2 is 1.58 bits per heavy atom. The predicted molar refractivity (Wildman–Crippen MR) is 65.6 cm³/mol. The van der Waals surface area contributed by atoms with E-state index in [-0.39, 0.29) is 0 Å². The normalized spacial score (nSPS) is 17.0. The molecule has 0 rings (SSSR count). The van der Waals surface area contributed by atoms with E-state index in [0.717, 1.165) is 17.8 Å². The zero-order chi connectivity index (χ0) is 9.72. The van der Waals surface area contributed by atoms with Gasteiger partial charge in [0.05, 0.1) is 0 Å². The third-order valence-corrected chi connectivity index (χ3v) is 3.60. The molecule has 4 unspecified atom stereocenters. The number of hydrogen-bond donors (Lipinski definition) is 0. The molecule has 0 spiro atoms. The summed E-state index contributed by atoms with van der Waals surface area (Å²) in [6.07, 6.45) is 2.66. The summed E-state index contributed by atoms with van der Waals surface area (Å²) in [5.41, 5.74) is 0. The molecule has 0 aromatic carbocycles. The third-order valence-electron chi connectivity index (χ3n) is 2.61. The largest absolute Gasteiger partial charge is 0.130 e. The van der Waals surface area contributed by atoms with E-state index in [2.05, 4.69) is 46.2 Å². The second-order valence-corrected chi connectivity index (χ2v) is 6.57. The molecule has 0 aromatic rings. The summed E-state index contributed by atoms with van der Waals surface area (Å²) in [5, 5.41) is 0.683. The van der Waals surface area contributed by atoms with Crippen LogP contribution in [-0.2, 0) is 0 Å². The van der Waals surface area contributed by atoms with Gasteiger partial charge in [0.15, 0.2) is 0 Å². The number of rotatable bonds is 5. The first-order valence-electron chi connectivity index (χ1n) is 5.00. The van der Waals surface area contributed by atoms with Crippen LogP contribution >= 0.6 is 18.5 Å². The minimum atomic E-state index is 0.683. The van der Waals surface area contributed by atoms with Crippen LogP contribution in [0.3, 0.4) is 0 Å². The van der Waals surface area contributed by atoms with Gasteiger partial charge in [-0.1, -0.05) is 34.1 Å². The summed E-state index contributed by atoms with van der Waals surface area (Å²) in [6, 6.07) is 0. The van der Waals surface area contributed by atoms with Crippen LogP contribution in [0.1, 0.15) is 40.5 Å². The molecule has 0 heterocycles. The van der Waals surface area contributed by atoms with Gasteiger partial charge >= 0.3 is 0 Å². The monoisotopic (exact) mass is 206 g/mol. The summed E-state index contributed by atoms with van der Waals surface area (Å²) in [4.78, 5) is 0. The molecule has 74 valence electrons. The average molecular weight is 206 g/mol. The van der Waals surface area contributed by atoms with Gasteiger partial charge in [-0.3, -0.25) is 0 Å². The van der Waals surface area contributed by atoms with Crippen LogP contribution in [0.4, 0.5) is 0 Å². The van der Waals surface area contributed by atoms with Crippen molar-refractivity contribution in [1.29, 1.82) is 0 Å². The maximum Gasteiger partial charge on any atom is -0.00872 e. The molecular weight excluding hydrogens is 182 g/mol. The first-order valence-corrected chi connectivity index (χ1v) is 6.33. The Bertz CT molecular complexity index is 110. The van der Waals surface area contributed by atoms with E-state index in [9.17, 15) is 0 Å². The van der Waals surface area contributed by atoms with Gasteiger partial charge < -0.3 is 0 Å². The molecular formula is C10H24P2. The summed E-state index contributed by atoms with van der Waals surface area (Å²) < 4.78 is 0. The maximum atomic E-state index is 2.92. The lowest BCUT2D eigenvalue weighted by atomic mass is 9.86. The van der Waals surface area contributed by atoms with E-state index < -0.39 is 0 Å². The Morgan fingerprint density at radius 1 is 1.08 bits per heavy atom. The highest BCUT2D eigenvalue weighted by atomic mass is 31.1. The van der Waals surface area contributed by atoms with Crippen LogP contribution in [0, 0.1) is 17.8 Å². The molecule has 12 heavy (non-hydrogen) atoms. The van der Waals surface area contributed by atoms with Crippen LogP contribution in [0.2, 0.25) is 0 Å². The molecule has 4 atom stereocenters. The van der Waals surface area contributed by atoms with Crippen molar-refractivity contribution in [2.45, 2.75) is 45.9 Å². The molecule has 0 bridgehead atoms. The summed E-state index contributed by atoms with van der Waals surface area (Å²) >= 11 is 0. The van der Waals surface area contributed by atoms with Crippen molar-refractivity contribution in [3.8, 4) is 0 Å². The Kier molecular flexibility index (Phi) is 6.79. The van der Waals surface area contributed by atoms with Crippen LogP contribution < -0.4 is 0 Å². The molecule has 0 saturated carbocycles. The Morgan fingerprint density at radius 3 is 1.83 bits per heavy atom. The predicted octanol–water partition coefficient (Wildman–Crippen LogP) is 3.77. The van der Waals surface area contributed by atoms with Gasteiger partial charge in [-0.2, -0.15) is 0 Å². The molecule has 0 nitrogen and oxygen atoms in total. The molecule has 0 aliphatic rings. The van der Waals surface area contributed by atoms with Gasteiger partial charge in [0, 0.05) is 0 Å². The van der Waals surface area contributed by atoms with Gasteiger partial charge in [0.2, 0.25) is 0 Å². The lowest BCUT2D eigenvalue weighted by Crippen LogP contribution is -2.19. The molecule has 0 aliphatic carbocycles. The van der Waals surface area contributed by atoms with Gasteiger partial charge in [0.25, 0.3) is 0 Å². The summed E-state index contributed by atoms with van der Waals surface area (Å²) in [6.45, 7) is 9.28. The second kappa shape index (κ2) is 6.33. The average Bonchev–Trinajstić information content (AvgIpc) is 1.98. The van der Waals surface area contributed by atoms with Crippen LogP contribution in [0.15, 0.2) is 0 Å². The van der Waals surface area contributed by atoms with Gasteiger partial charge in [-0.05, 0) is 29.6 Å². The molecule has 0 amide bonds. The van der Waals surface area contributed by atoms with Crippen molar-refractivity contribution < 1.29 is 0 Å². The highest BCUT2D eigenvalue weighted by Crippen LogP contribution is 2.33. The van der Waals surface area contributed by atoms with Crippen LogP contribution in [0.25, 0.3) is 0 Å². The minimum Gasteiger partial charge on any atom is -0.130 e. The fourth-order valence-corrected chi connectivity index (χ4v) is 2.69. The lowest BCUT2D eigenvalue weighted by molar-refractivity contribution is 0.312. The second-order valence-electron chi connectivity index (χ2n) is 4.26. The van der Waals surface area contributed by atoms with E-state index in [1.165, 1.54) is 12.8 Å². The summed E-state index contributed by atoms with van der Waals surface area (Å²) in [5.74, 6) is 2.53.